The van der Waals surface area contributed by atoms with Gasteiger partial charge in [-0.15, -0.1) is 11.3 Å². The molecule has 0 unspecified atom stereocenters. The quantitative estimate of drug-likeness (QED) is 0.871. The molecule has 0 bridgehead atoms. The van der Waals surface area contributed by atoms with E-state index < -0.39 is 20.0 Å². The van der Waals surface area contributed by atoms with Crippen molar-refractivity contribution in [2.24, 2.45) is 0 Å². The third-order valence-corrected chi connectivity index (χ3v) is 7.98. The second kappa shape index (κ2) is 6.23. The summed E-state index contributed by atoms with van der Waals surface area (Å²) in [5.74, 6) is 0. The molecule has 0 saturated carbocycles. The molecule has 0 amide bonds. The lowest BCUT2D eigenvalue weighted by Crippen LogP contribution is -2.23. The van der Waals surface area contributed by atoms with Crippen LogP contribution in [0.5, 0.6) is 0 Å². The minimum atomic E-state index is -3.73. The van der Waals surface area contributed by atoms with Gasteiger partial charge in [0.25, 0.3) is 10.0 Å². The van der Waals surface area contributed by atoms with Gasteiger partial charge in [0.15, 0.2) is 0 Å². The molecule has 1 N–H and O–H groups in total. The predicted molar refractivity (Wildman–Crippen MR) is 91.9 cm³/mol. The smallest absolute Gasteiger partial charge is 0.271 e. The Bertz CT molecular complexity index is 915. The maximum atomic E-state index is 12.4. The molecule has 0 aliphatic rings. The molecule has 1 heterocycles. The fraction of sp³-hybridized carbons (Fsp3) is 0.286. The predicted octanol–water partition coefficient (Wildman–Crippen LogP) is 2.42. The maximum absolute atomic E-state index is 12.4. The molecular weight excluding hydrogens is 356 g/mol. The first-order chi connectivity index (χ1) is 10.6. The Balaban J connectivity index is 2.54. The summed E-state index contributed by atoms with van der Waals surface area (Å²) in [6, 6.07) is 6.02. The molecule has 0 radical (unpaired) electrons. The third kappa shape index (κ3) is 3.57. The van der Waals surface area contributed by atoms with Crippen LogP contribution in [0.2, 0.25) is 0 Å². The highest BCUT2D eigenvalue weighted by Gasteiger charge is 2.22. The van der Waals surface area contributed by atoms with Crippen LogP contribution in [-0.2, 0) is 20.0 Å². The van der Waals surface area contributed by atoms with Gasteiger partial charge in [-0.1, -0.05) is 6.07 Å². The zero-order chi connectivity index (χ0) is 17.4. The number of rotatable bonds is 5. The summed E-state index contributed by atoms with van der Waals surface area (Å²) in [7, 11) is -4.52. The largest absolute Gasteiger partial charge is 0.279 e. The zero-order valence-electron chi connectivity index (χ0n) is 13.2. The van der Waals surface area contributed by atoms with E-state index in [9.17, 15) is 16.8 Å². The van der Waals surface area contributed by atoms with Crippen LogP contribution in [0.4, 0.5) is 5.69 Å². The van der Waals surface area contributed by atoms with E-state index in [1.54, 1.807) is 25.3 Å². The van der Waals surface area contributed by atoms with Crippen LogP contribution in [0, 0.1) is 13.8 Å². The van der Waals surface area contributed by atoms with Gasteiger partial charge in [-0.05, 0) is 48.6 Å². The van der Waals surface area contributed by atoms with Gasteiger partial charge in [0.05, 0.1) is 10.6 Å². The van der Waals surface area contributed by atoms with E-state index in [2.05, 4.69) is 4.72 Å². The van der Waals surface area contributed by atoms with Crippen molar-refractivity contribution >= 4 is 37.1 Å². The van der Waals surface area contributed by atoms with Crippen molar-refractivity contribution in [1.82, 2.24) is 4.31 Å². The molecule has 2 rings (SSSR count). The van der Waals surface area contributed by atoms with E-state index in [1.165, 1.54) is 32.3 Å². The Morgan fingerprint density at radius 2 is 1.74 bits per heavy atom. The second-order valence-electron chi connectivity index (χ2n) is 5.24. The monoisotopic (exact) mass is 374 g/mol. The van der Waals surface area contributed by atoms with E-state index in [-0.39, 0.29) is 14.8 Å². The van der Waals surface area contributed by atoms with Gasteiger partial charge in [0, 0.05) is 14.1 Å². The summed E-state index contributed by atoms with van der Waals surface area (Å²) in [6.45, 7) is 3.49. The van der Waals surface area contributed by atoms with Crippen molar-refractivity contribution in [3.63, 3.8) is 0 Å². The topological polar surface area (TPSA) is 83.6 Å². The van der Waals surface area contributed by atoms with Gasteiger partial charge >= 0.3 is 0 Å². The molecule has 0 aliphatic carbocycles. The highest BCUT2D eigenvalue weighted by Crippen LogP contribution is 2.28. The Morgan fingerprint density at radius 3 is 2.26 bits per heavy atom. The number of anilines is 1. The first-order valence-electron chi connectivity index (χ1n) is 6.66. The minimum Gasteiger partial charge on any atom is -0.279 e. The molecule has 6 nitrogen and oxygen atoms in total. The number of benzene rings is 1. The van der Waals surface area contributed by atoms with Crippen LogP contribution in [0.3, 0.4) is 0 Å². The Hall–Kier alpha value is -1.42. The lowest BCUT2D eigenvalue weighted by molar-refractivity contribution is 0.520. The molecule has 1 aromatic carbocycles. The van der Waals surface area contributed by atoms with Gasteiger partial charge in [0.1, 0.15) is 4.21 Å². The second-order valence-corrected chi connectivity index (χ2v) is 10.2. The molecule has 0 spiro atoms. The molecule has 0 fully saturated rings. The fourth-order valence-electron chi connectivity index (χ4n) is 1.90. The molecule has 0 saturated heterocycles. The van der Waals surface area contributed by atoms with Crippen LogP contribution in [0.1, 0.15) is 11.1 Å². The molecule has 0 atom stereocenters. The van der Waals surface area contributed by atoms with Gasteiger partial charge in [0.2, 0.25) is 10.0 Å². The van der Waals surface area contributed by atoms with Crippen molar-refractivity contribution in [3.05, 3.63) is 40.8 Å². The van der Waals surface area contributed by atoms with E-state index in [0.717, 1.165) is 15.6 Å². The van der Waals surface area contributed by atoms with Crippen LogP contribution in [0.25, 0.3) is 0 Å². The van der Waals surface area contributed by atoms with E-state index in [4.69, 9.17) is 0 Å². The highest BCUT2D eigenvalue weighted by molar-refractivity contribution is 7.94. The van der Waals surface area contributed by atoms with Crippen LogP contribution < -0.4 is 4.72 Å². The first-order valence-corrected chi connectivity index (χ1v) is 10.5. The van der Waals surface area contributed by atoms with Gasteiger partial charge < -0.3 is 0 Å². The number of sulfonamides is 2. The normalized spacial score (nSPS) is 12.6. The Morgan fingerprint density at radius 1 is 1.09 bits per heavy atom. The number of nitrogens with one attached hydrogen (secondary N) is 1. The first kappa shape index (κ1) is 17.9. The number of hydrogen-bond acceptors (Lipinski definition) is 5. The molecular formula is C14H18N2O4S3. The molecule has 0 aliphatic heterocycles. The minimum absolute atomic E-state index is 0.0504. The average Bonchev–Trinajstić information content (AvgIpc) is 2.98. The van der Waals surface area contributed by atoms with Gasteiger partial charge in [-0.3, -0.25) is 4.72 Å². The van der Waals surface area contributed by atoms with Gasteiger partial charge in [-0.2, -0.15) is 0 Å². The van der Waals surface area contributed by atoms with Crippen molar-refractivity contribution in [2.75, 3.05) is 18.8 Å². The van der Waals surface area contributed by atoms with Crippen molar-refractivity contribution in [1.29, 1.82) is 0 Å². The van der Waals surface area contributed by atoms with Crippen LogP contribution in [-0.4, -0.2) is 35.2 Å². The number of nitrogens with zero attached hydrogens (tertiary/aromatic N) is 1. The lowest BCUT2D eigenvalue weighted by Gasteiger charge is -2.16. The number of thiophene rings is 1. The average molecular weight is 375 g/mol. The standard InChI is InChI=1S/C14H18N2O4S3/c1-10-8-12(23(19,20)16(3)4)9-13(11(10)2)15-22(17,18)14-6-5-7-21-14/h5-9,15H,1-4H3. The maximum Gasteiger partial charge on any atom is 0.271 e. The summed E-state index contributed by atoms with van der Waals surface area (Å²) in [4.78, 5) is 0.0504. The van der Waals surface area contributed by atoms with Crippen LogP contribution >= 0.6 is 11.3 Å². The summed E-state index contributed by atoms with van der Waals surface area (Å²) in [6.07, 6.45) is 0. The van der Waals surface area contributed by atoms with Crippen LogP contribution in [0.15, 0.2) is 38.8 Å². The SMILES string of the molecule is Cc1cc(S(=O)(=O)N(C)C)cc(NS(=O)(=O)c2cccs2)c1C. The van der Waals surface area contributed by atoms with Crippen molar-refractivity contribution in [2.45, 2.75) is 23.0 Å². The molecule has 23 heavy (non-hydrogen) atoms. The van der Waals surface area contributed by atoms with E-state index >= 15 is 0 Å². The highest BCUT2D eigenvalue weighted by atomic mass is 32.2. The molecule has 2 aromatic rings. The van der Waals surface area contributed by atoms with Crippen molar-refractivity contribution < 1.29 is 16.8 Å². The van der Waals surface area contributed by atoms with E-state index in [1.807, 2.05) is 0 Å². The summed E-state index contributed by atoms with van der Waals surface area (Å²) in [5, 5.41) is 1.67. The molecule has 1 aromatic heterocycles. The summed E-state index contributed by atoms with van der Waals surface area (Å²) < 4.78 is 53.1. The molecule has 126 valence electrons. The fourth-order valence-corrected chi connectivity index (χ4v) is 5.02. The van der Waals surface area contributed by atoms with Gasteiger partial charge in [-0.25, -0.2) is 21.1 Å². The lowest BCUT2D eigenvalue weighted by atomic mass is 10.1. The summed E-state index contributed by atoms with van der Waals surface area (Å²) >= 11 is 1.10. The molecule has 9 heteroatoms. The Labute approximate surface area is 140 Å². The third-order valence-electron chi connectivity index (χ3n) is 3.42. The number of hydrogen-bond donors (Lipinski definition) is 1. The van der Waals surface area contributed by atoms with E-state index in [0.29, 0.717) is 11.1 Å². The summed E-state index contributed by atoms with van der Waals surface area (Å²) in [5.41, 5.74) is 1.64. The number of aryl methyl sites for hydroxylation is 1. The van der Waals surface area contributed by atoms with Crippen molar-refractivity contribution in [3.8, 4) is 0 Å². The Kier molecular flexibility index (Phi) is 4.86. The zero-order valence-corrected chi connectivity index (χ0v) is 15.6.